The third-order valence-corrected chi connectivity index (χ3v) is 6.74. The Kier molecular flexibility index (Phi) is 6.62. The van der Waals surface area contributed by atoms with Gasteiger partial charge in [-0.3, -0.25) is 4.79 Å². The summed E-state index contributed by atoms with van der Waals surface area (Å²) in [5, 5.41) is 2.88. The zero-order chi connectivity index (χ0) is 22.6. The first-order chi connectivity index (χ1) is 16.1. The number of nitrogens with one attached hydrogen (secondary N) is 1. The third kappa shape index (κ3) is 5.38. The SMILES string of the molecule is O=C(COc1ccc(C2CCCCC2)cc1)Nc1ccc2oc(-c3cccc(I)c3)nc2c1. The van der Waals surface area contributed by atoms with Crippen LogP contribution in [0.1, 0.15) is 43.6 Å². The molecule has 33 heavy (non-hydrogen) atoms. The molecule has 4 aromatic rings. The molecule has 1 fully saturated rings. The molecule has 168 valence electrons. The Morgan fingerprint density at radius 2 is 1.85 bits per heavy atom. The first kappa shape index (κ1) is 21.9. The van der Waals surface area contributed by atoms with Crippen molar-refractivity contribution < 1.29 is 13.9 Å². The summed E-state index contributed by atoms with van der Waals surface area (Å²) >= 11 is 2.26. The molecule has 3 aromatic carbocycles. The maximum absolute atomic E-state index is 12.4. The lowest BCUT2D eigenvalue weighted by Crippen LogP contribution is -2.20. The van der Waals surface area contributed by atoms with E-state index in [1.54, 1.807) is 0 Å². The topological polar surface area (TPSA) is 64.4 Å². The lowest BCUT2D eigenvalue weighted by atomic mass is 9.84. The standard InChI is InChI=1S/C27H25IN2O3/c28-21-8-4-7-20(15-21)27-30-24-16-22(11-14-25(24)33-27)29-26(31)17-32-23-12-9-19(10-13-23)18-5-2-1-3-6-18/h4,7-16,18H,1-3,5-6,17H2,(H,29,31). The van der Waals surface area contributed by atoms with E-state index in [4.69, 9.17) is 9.15 Å². The summed E-state index contributed by atoms with van der Waals surface area (Å²) in [7, 11) is 0. The molecule has 0 bridgehead atoms. The van der Waals surface area contributed by atoms with Gasteiger partial charge in [0.05, 0.1) is 0 Å². The van der Waals surface area contributed by atoms with Gasteiger partial charge in [0, 0.05) is 14.8 Å². The second-order valence-corrected chi connectivity index (χ2v) is 9.70. The van der Waals surface area contributed by atoms with E-state index in [1.807, 2.05) is 54.6 Å². The molecule has 0 saturated heterocycles. The van der Waals surface area contributed by atoms with Crippen LogP contribution in [-0.4, -0.2) is 17.5 Å². The fourth-order valence-corrected chi connectivity index (χ4v) is 4.91. The number of carbonyl (C=O) groups excluding carboxylic acids is 1. The van der Waals surface area contributed by atoms with Gasteiger partial charge in [0.25, 0.3) is 5.91 Å². The number of oxazole rings is 1. The van der Waals surface area contributed by atoms with E-state index in [2.05, 4.69) is 45.0 Å². The number of fused-ring (bicyclic) bond motifs is 1. The van der Waals surface area contributed by atoms with Gasteiger partial charge < -0.3 is 14.5 Å². The van der Waals surface area contributed by atoms with Crippen LogP contribution in [0.3, 0.4) is 0 Å². The minimum atomic E-state index is -0.216. The number of hydrogen-bond acceptors (Lipinski definition) is 4. The number of carbonyl (C=O) groups is 1. The van der Waals surface area contributed by atoms with Gasteiger partial charge in [-0.15, -0.1) is 0 Å². The second-order valence-electron chi connectivity index (χ2n) is 8.45. The fourth-order valence-electron chi connectivity index (χ4n) is 4.37. The summed E-state index contributed by atoms with van der Waals surface area (Å²) < 4.78 is 12.7. The van der Waals surface area contributed by atoms with Crippen molar-refractivity contribution >= 4 is 45.3 Å². The third-order valence-electron chi connectivity index (χ3n) is 6.07. The Labute approximate surface area is 206 Å². The lowest BCUT2D eigenvalue weighted by molar-refractivity contribution is -0.118. The van der Waals surface area contributed by atoms with Crippen molar-refractivity contribution in [3.63, 3.8) is 0 Å². The molecule has 1 aliphatic carbocycles. The van der Waals surface area contributed by atoms with E-state index in [1.165, 1.54) is 37.7 Å². The number of hydrogen-bond donors (Lipinski definition) is 1. The molecule has 5 rings (SSSR count). The maximum atomic E-state index is 12.4. The zero-order valence-corrected chi connectivity index (χ0v) is 20.4. The molecular formula is C27H25IN2O3. The Bertz CT molecular complexity index is 1260. The largest absolute Gasteiger partial charge is 0.484 e. The average Bonchev–Trinajstić information content (AvgIpc) is 3.27. The van der Waals surface area contributed by atoms with Crippen LogP contribution in [0.4, 0.5) is 5.69 Å². The highest BCUT2D eigenvalue weighted by molar-refractivity contribution is 14.1. The van der Waals surface area contributed by atoms with E-state index in [0.717, 1.165) is 9.13 Å². The van der Waals surface area contributed by atoms with E-state index in [0.29, 0.717) is 34.3 Å². The number of benzene rings is 3. The summed E-state index contributed by atoms with van der Waals surface area (Å²) in [6.07, 6.45) is 6.52. The van der Waals surface area contributed by atoms with E-state index in [9.17, 15) is 4.79 Å². The molecule has 1 aromatic heterocycles. The Hall–Kier alpha value is -2.87. The summed E-state index contributed by atoms with van der Waals surface area (Å²) in [5.74, 6) is 1.71. The lowest BCUT2D eigenvalue weighted by Gasteiger charge is -2.22. The number of halogens is 1. The minimum Gasteiger partial charge on any atom is -0.484 e. The van der Waals surface area contributed by atoms with Crippen LogP contribution in [0.25, 0.3) is 22.6 Å². The number of nitrogens with zero attached hydrogens (tertiary/aromatic N) is 1. The predicted octanol–water partition coefficient (Wildman–Crippen LogP) is 7.16. The van der Waals surface area contributed by atoms with Gasteiger partial charge >= 0.3 is 0 Å². The first-order valence-electron chi connectivity index (χ1n) is 11.3. The van der Waals surface area contributed by atoms with E-state index in [-0.39, 0.29) is 12.5 Å². The molecule has 5 nitrogen and oxygen atoms in total. The van der Waals surface area contributed by atoms with Gasteiger partial charge in [-0.1, -0.05) is 37.5 Å². The minimum absolute atomic E-state index is 0.0483. The number of rotatable bonds is 6. The molecule has 1 aliphatic rings. The Morgan fingerprint density at radius 3 is 2.64 bits per heavy atom. The smallest absolute Gasteiger partial charge is 0.262 e. The van der Waals surface area contributed by atoms with Crippen molar-refractivity contribution in [1.29, 1.82) is 0 Å². The van der Waals surface area contributed by atoms with Crippen LogP contribution >= 0.6 is 22.6 Å². The van der Waals surface area contributed by atoms with Crippen molar-refractivity contribution in [2.24, 2.45) is 0 Å². The van der Waals surface area contributed by atoms with Crippen molar-refractivity contribution in [3.05, 3.63) is 75.9 Å². The molecule has 1 saturated carbocycles. The van der Waals surface area contributed by atoms with Gasteiger partial charge in [-0.05, 0) is 95.4 Å². The van der Waals surface area contributed by atoms with Crippen molar-refractivity contribution in [3.8, 4) is 17.2 Å². The summed E-state index contributed by atoms with van der Waals surface area (Å²) in [5.41, 5.74) is 4.33. The Balaban J connectivity index is 1.19. The molecule has 0 unspecified atom stereocenters. The quantitative estimate of drug-likeness (QED) is 0.258. The normalized spacial score (nSPS) is 14.3. The van der Waals surface area contributed by atoms with Crippen LogP contribution in [0, 0.1) is 3.57 Å². The number of anilines is 1. The zero-order valence-electron chi connectivity index (χ0n) is 18.2. The molecule has 6 heteroatoms. The second kappa shape index (κ2) is 9.95. The summed E-state index contributed by atoms with van der Waals surface area (Å²) in [6.45, 7) is -0.0483. The Morgan fingerprint density at radius 1 is 1.03 bits per heavy atom. The van der Waals surface area contributed by atoms with Crippen LogP contribution in [0.15, 0.2) is 71.1 Å². The van der Waals surface area contributed by atoms with Crippen LogP contribution in [0.5, 0.6) is 5.75 Å². The van der Waals surface area contributed by atoms with Gasteiger partial charge in [0.2, 0.25) is 5.89 Å². The number of ether oxygens (including phenoxy) is 1. The molecule has 0 spiro atoms. The van der Waals surface area contributed by atoms with Gasteiger partial charge in [0.1, 0.15) is 11.3 Å². The highest BCUT2D eigenvalue weighted by atomic mass is 127. The van der Waals surface area contributed by atoms with Crippen molar-refractivity contribution in [2.45, 2.75) is 38.0 Å². The maximum Gasteiger partial charge on any atom is 0.262 e. The van der Waals surface area contributed by atoms with Gasteiger partial charge in [0.15, 0.2) is 12.2 Å². The van der Waals surface area contributed by atoms with Gasteiger partial charge in [-0.25, -0.2) is 4.98 Å². The molecule has 0 radical (unpaired) electrons. The fraction of sp³-hybridized carbons (Fsp3) is 0.259. The highest BCUT2D eigenvalue weighted by Gasteiger charge is 2.15. The van der Waals surface area contributed by atoms with Crippen molar-refractivity contribution in [1.82, 2.24) is 4.98 Å². The molecular weight excluding hydrogens is 527 g/mol. The van der Waals surface area contributed by atoms with E-state index < -0.39 is 0 Å². The molecule has 0 aliphatic heterocycles. The molecule has 1 amide bonds. The summed E-state index contributed by atoms with van der Waals surface area (Å²) in [6, 6.07) is 21.6. The number of amides is 1. The van der Waals surface area contributed by atoms with E-state index >= 15 is 0 Å². The molecule has 1 heterocycles. The molecule has 0 atom stereocenters. The van der Waals surface area contributed by atoms with Crippen LogP contribution < -0.4 is 10.1 Å². The molecule has 1 N–H and O–H groups in total. The summed E-state index contributed by atoms with van der Waals surface area (Å²) in [4.78, 5) is 17.0. The van der Waals surface area contributed by atoms with Gasteiger partial charge in [-0.2, -0.15) is 0 Å². The number of aromatic nitrogens is 1. The average molecular weight is 552 g/mol. The highest BCUT2D eigenvalue weighted by Crippen LogP contribution is 2.33. The van der Waals surface area contributed by atoms with Crippen LogP contribution in [-0.2, 0) is 4.79 Å². The predicted molar refractivity (Wildman–Crippen MR) is 139 cm³/mol. The first-order valence-corrected chi connectivity index (χ1v) is 12.4. The van der Waals surface area contributed by atoms with Crippen molar-refractivity contribution in [2.75, 3.05) is 11.9 Å². The van der Waals surface area contributed by atoms with Crippen LogP contribution in [0.2, 0.25) is 0 Å². The monoisotopic (exact) mass is 552 g/mol.